The fourth-order valence-electron chi connectivity index (χ4n) is 1.97. The van der Waals surface area contributed by atoms with E-state index in [9.17, 15) is 0 Å². The number of benzene rings is 1. The highest BCUT2D eigenvalue weighted by Crippen LogP contribution is 2.31. The highest BCUT2D eigenvalue weighted by Gasteiger charge is 2.19. The first-order valence-corrected chi connectivity index (χ1v) is 7.62. The van der Waals surface area contributed by atoms with E-state index in [-0.39, 0.29) is 0 Å². The molecule has 1 aromatic carbocycles. The van der Waals surface area contributed by atoms with E-state index >= 15 is 0 Å². The van der Waals surface area contributed by atoms with Gasteiger partial charge in [-0.3, -0.25) is 0 Å². The van der Waals surface area contributed by atoms with Crippen molar-refractivity contribution < 1.29 is 0 Å². The van der Waals surface area contributed by atoms with E-state index in [1.165, 1.54) is 26.5 Å². The second kappa shape index (κ2) is 5.01. The maximum atomic E-state index is 2.21. The fraction of sp³-hybridized carbons (Fsp3) is 0.0625. The molecule has 0 radical (unpaired) electrons. The Kier molecular flexibility index (Phi) is 3.22. The average Bonchev–Trinajstić information content (AvgIpc) is 3.06. The van der Waals surface area contributed by atoms with Crippen molar-refractivity contribution in [2.45, 2.75) is 6.92 Å². The van der Waals surface area contributed by atoms with Crippen molar-refractivity contribution in [1.82, 2.24) is 0 Å². The molecule has 0 fully saturated rings. The molecule has 2 heteroatoms. The third kappa shape index (κ3) is 2.22. The molecule has 88 valence electrons. The van der Waals surface area contributed by atoms with Crippen molar-refractivity contribution in [3.63, 3.8) is 0 Å². The summed E-state index contributed by atoms with van der Waals surface area (Å²) in [4.78, 5) is 2.67. The Bertz CT molecular complexity index is 612. The number of hydrogen-bond acceptors (Lipinski definition) is 1. The maximum Gasteiger partial charge on any atom is 0.240 e. The zero-order chi connectivity index (χ0) is 12.4. The molecule has 0 saturated heterocycles. The first kappa shape index (κ1) is 11.6. The van der Waals surface area contributed by atoms with Gasteiger partial charge in [0, 0.05) is 17.0 Å². The molecule has 2 heterocycles. The van der Waals surface area contributed by atoms with Crippen molar-refractivity contribution in [2.24, 2.45) is 0 Å². The van der Waals surface area contributed by atoms with E-state index in [2.05, 4.69) is 66.2 Å². The lowest BCUT2D eigenvalue weighted by Crippen LogP contribution is -1.89. The number of hydrogen-bond donors (Lipinski definition) is 0. The van der Waals surface area contributed by atoms with Crippen molar-refractivity contribution >= 4 is 33.6 Å². The van der Waals surface area contributed by atoms with Crippen LogP contribution in [0.15, 0.2) is 58.8 Å². The van der Waals surface area contributed by atoms with Gasteiger partial charge in [-0.15, -0.1) is 11.3 Å². The predicted octanol–water partition coefficient (Wildman–Crippen LogP) is 4.27. The maximum absolute atomic E-state index is 2.21. The Morgan fingerprint density at radius 1 is 1.11 bits per heavy atom. The minimum Gasteiger partial charge on any atom is -0.144 e. The third-order valence-corrected chi connectivity index (χ3v) is 4.65. The van der Waals surface area contributed by atoms with Crippen LogP contribution in [0.25, 0.3) is 5.57 Å². The van der Waals surface area contributed by atoms with Crippen molar-refractivity contribution in [3.8, 4) is 0 Å². The lowest BCUT2D eigenvalue weighted by molar-refractivity contribution is 1.45. The molecular formula is C16H13S2+. The Labute approximate surface area is 115 Å². The first-order valence-electron chi connectivity index (χ1n) is 5.86. The Hall–Kier alpha value is -1.51. The molecule has 18 heavy (non-hydrogen) atoms. The molecule has 1 aliphatic rings. The molecule has 0 aliphatic carbocycles. The third-order valence-electron chi connectivity index (χ3n) is 2.88. The van der Waals surface area contributed by atoms with Crippen LogP contribution < -0.4 is 0 Å². The highest BCUT2D eigenvalue weighted by atomic mass is 32.1. The Morgan fingerprint density at radius 2 is 1.94 bits per heavy atom. The second-order valence-electron chi connectivity index (χ2n) is 4.20. The molecule has 0 atom stereocenters. The summed E-state index contributed by atoms with van der Waals surface area (Å²) < 4.78 is 0. The average molecular weight is 269 g/mol. The molecule has 2 aromatic rings. The summed E-state index contributed by atoms with van der Waals surface area (Å²) in [5.41, 5.74) is 3.95. The van der Waals surface area contributed by atoms with Gasteiger partial charge in [-0.2, -0.15) is 0 Å². The molecule has 0 spiro atoms. The Morgan fingerprint density at radius 3 is 2.56 bits per heavy atom. The molecule has 0 amide bonds. The normalized spacial score (nSPS) is 16.3. The van der Waals surface area contributed by atoms with Crippen LogP contribution >= 0.6 is 11.3 Å². The summed E-state index contributed by atoms with van der Waals surface area (Å²) in [6.07, 6.45) is 4.31. The highest BCUT2D eigenvalue weighted by molar-refractivity contribution is 7.82. The van der Waals surface area contributed by atoms with E-state index in [1.54, 1.807) is 22.7 Å². The summed E-state index contributed by atoms with van der Waals surface area (Å²) in [5.74, 6) is 0. The molecule has 3 rings (SSSR count). The monoisotopic (exact) mass is 269 g/mol. The van der Waals surface area contributed by atoms with Crippen molar-refractivity contribution in [3.05, 3.63) is 74.8 Å². The van der Waals surface area contributed by atoms with Gasteiger partial charge in [-0.25, -0.2) is 0 Å². The van der Waals surface area contributed by atoms with Gasteiger partial charge in [-0.1, -0.05) is 35.9 Å². The van der Waals surface area contributed by atoms with Crippen LogP contribution in [0.1, 0.15) is 16.0 Å². The number of allylic oxidation sites excluding steroid dienone is 2. The Balaban J connectivity index is 2.18. The van der Waals surface area contributed by atoms with Crippen LogP contribution in [0.2, 0.25) is 0 Å². The number of aryl methyl sites for hydroxylation is 1. The van der Waals surface area contributed by atoms with Crippen LogP contribution in [-0.4, -0.2) is 5.37 Å². The van der Waals surface area contributed by atoms with Crippen LogP contribution in [0, 0.1) is 6.92 Å². The van der Waals surface area contributed by atoms with Gasteiger partial charge >= 0.3 is 0 Å². The van der Waals surface area contributed by atoms with Crippen LogP contribution in [0.4, 0.5) is 0 Å². The van der Waals surface area contributed by atoms with Crippen LogP contribution in [0.3, 0.4) is 0 Å². The van der Waals surface area contributed by atoms with Gasteiger partial charge in [0.05, 0.1) is 5.57 Å². The van der Waals surface area contributed by atoms with E-state index in [4.69, 9.17) is 0 Å². The van der Waals surface area contributed by atoms with Crippen LogP contribution in [-0.2, 0) is 11.4 Å². The zero-order valence-electron chi connectivity index (χ0n) is 10.1. The predicted molar refractivity (Wildman–Crippen MR) is 84.1 cm³/mol. The molecule has 0 unspecified atom stereocenters. The number of thiophene rings is 1. The van der Waals surface area contributed by atoms with Gasteiger partial charge in [0.25, 0.3) is 0 Å². The lowest BCUT2D eigenvalue weighted by Gasteiger charge is -2.04. The summed E-state index contributed by atoms with van der Waals surface area (Å²) in [6.45, 7) is 2.12. The van der Waals surface area contributed by atoms with E-state index in [0.717, 1.165) is 0 Å². The van der Waals surface area contributed by atoms with Gasteiger partial charge < -0.3 is 0 Å². The smallest absolute Gasteiger partial charge is 0.144 e. The minimum atomic E-state index is 1.30. The van der Waals surface area contributed by atoms with Gasteiger partial charge in [0.15, 0.2) is 5.37 Å². The molecule has 0 N–H and O–H groups in total. The number of rotatable bonds is 2. The summed E-state index contributed by atoms with van der Waals surface area (Å²) >= 11 is 3.60. The van der Waals surface area contributed by atoms with Crippen molar-refractivity contribution in [2.75, 3.05) is 0 Å². The molecule has 1 aromatic heterocycles. The van der Waals surface area contributed by atoms with Gasteiger partial charge in [0.1, 0.15) is 0 Å². The second-order valence-corrected chi connectivity index (χ2v) is 6.09. The summed E-state index contributed by atoms with van der Waals surface area (Å²) in [5, 5.41) is 4.27. The topological polar surface area (TPSA) is 0 Å². The van der Waals surface area contributed by atoms with Crippen molar-refractivity contribution in [1.29, 1.82) is 0 Å². The quantitative estimate of drug-likeness (QED) is 0.564. The summed E-state index contributed by atoms with van der Waals surface area (Å²) in [7, 11) is 0. The van der Waals surface area contributed by atoms with E-state index in [1.807, 2.05) is 0 Å². The van der Waals surface area contributed by atoms with Crippen LogP contribution in [0.5, 0.6) is 0 Å². The van der Waals surface area contributed by atoms with Gasteiger partial charge in [0.2, 0.25) is 16.3 Å². The standard InChI is InChI=1S/C16H13S2/c1-12-6-8-13(9-7-12)16(14-4-2-10-17-14)15-5-3-11-18-15/h2-11H,1H3/q+1. The molecule has 0 nitrogen and oxygen atoms in total. The van der Waals surface area contributed by atoms with Gasteiger partial charge in [-0.05, 0) is 23.9 Å². The summed E-state index contributed by atoms with van der Waals surface area (Å²) in [6, 6.07) is 13.1. The molecule has 0 bridgehead atoms. The van der Waals surface area contributed by atoms with E-state index < -0.39 is 0 Å². The minimum absolute atomic E-state index is 1.30. The lowest BCUT2D eigenvalue weighted by atomic mass is 10.0. The molecule has 1 aliphatic heterocycles. The largest absolute Gasteiger partial charge is 0.240 e. The zero-order valence-corrected chi connectivity index (χ0v) is 11.7. The fourth-order valence-corrected chi connectivity index (χ4v) is 3.65. The first-order chi connectivity index (χ1) is 8.84. The molecular weight excluding hydrogens is 256 g/mol. The molecule has 0 saturated carbocycles. The SMILES string of the molecule is Cc1ccc(/C(=C2/C=CC=[S+]2)c2cccs2)cc1. The van der Waals surface area contributed by atoms with E-state index in [0.29, 0.717) is 0 Å².